The van der Waals surface area contributed by atoms with Gasteiger partial charge in [-0.25, -0.2) is 0 Å². The summed E-state index contributed by atoms with van der Waals surface area (Å²) >= 11 is 0. The Labute approximate surface area is 109 Å². The van der Waals surface area contributed by atoms with Gasteiger partial charge in [0.05, 0.1) is 5.54 Å². The van der Waals surface area contributed by atoms with Crippen LogP contribution in [0.4, 0.5) is 0 Å². The van der Waals surface area contributed by atoms with Crippen LogP contribution in [0.3, 0.4) is 0 Å². The summed E-state index contributed by atoms with van der Waals surface area (Å²) < 4.78 is 0. The molecule has 0 atom stereocenters. The highest BCUT2D eigenvalue weighted by molar-refractivity contribution is 5.89. The van der Waals surface area contributed by atoms with Gasteiger partial charge in [-0.05, 0) is 57.5 Å². The van der Waals surface area contributed by atoms with E-state index in [1.165, 1.54) is 19.3 Å². The van der Waals surface area contributed by atoms with E-state index in [2.05, 4.69) is 23.7 Å². The third-order valence-electron chi connectivity index (χ3n) is 3.94. The van der Waals surface area contributed by atoms with Gasteiger partial charge < -0.3 is 0 Å². The van der Waals surface area contributed by atoms with Crippen LogP contribution in [0.2, 0.25) is 0 Å². The fraction of sp³-hybridized carbons (Fsp3) is 0.600. The first-order valence-corrected chi connectivity index (χ1v) is 6.78. The highest BCUT2D eigenvalue weighted by Gasteiger charge is 2.34. The lowest BCUT2D eigenvalue weighted by Crippen LogP contribution is -2.52. The molecule has 0 aliphatic carbocycles. The molecule has 0 N–H and O–H groups in total. The van der Waals surface area contributed by atoms with Crippen LogP contribution >= 0.6 is 0 Å². The second-order valence-corrected chi connectivity index (χ2v) is 5.56. The van der Waals surface area contributed by atoms with Gasteiger partial charge in [0, 0.05) is 18.8 Å². The Morgan fingerprint density at radius 3 is 2.44 bits per heavy atom. The minimum atomic E-state index is -0.344. The van der Waals surface area contributed by atoms with Gasteiger partial charge >= 0.3 is 0 Å². The number of Topliss-reactive ketones (excluding diaryl/α,β-unsaturated/α-hetero) is 1. The smallest absolute Gasteiger partial charge is 0.156 e. The zero-order valence-corrected chi connectivity index (χ0v) is 11.4. The molecule has 0 spiro atoms. The molecule has 0 bridgehead atoms. The fourth-order valence-corrected chi connectivity index (χ4v) is 2.53. The molecule has 0 amide bonds. The largest absolute Gasteiger partial charge is 0.297 e. The van der Waals surface area contributed by atoms with Crippen molar-refractivity contribution >= 4 is 5.78 Å². The normalized spacial score (nSPS) is 17.7. The summed E-state index contributed by atoms with van der Waals surface area (Å²) in [6, 6.07) is 3.84. The average Bonchev–Trinajstić information content (AvgIpc) is 2.41. The van der Waals surface area contributed by atoms with Gasteiger partial charge in [-0.3, -0.25) is 14.7 Å². The summed E-state index contributed by atoms with van der Waals surface area (Å²) in [6.07, 6.45) is 7.72. The van der Waals surface area contributed by atoms with E-state index in [4.69, 9.17) is 0 Å². The van der Waals surface area contributed by atoms with Crippen LogP contribution in [0.5, 0.6) is 0 Å². The molecule has 0 unspecified atom stereocenters. The van der Waals surface area contributed by atoms with Crippen LogP contribution < -0.4 is 0 Å². The molecular formula is C15H22N2O. The van der Waals surface area contributed by atoms with E-state index < -0.39 is 0 Å². The Morgan fingerprint density at radius 2 is 1.83 bits per heavy atom. The number of aromatic nitrogens is 1. The molecule has 3 nitrogen and oxygen atoms in total. The van der Waals surface area contributed by atoms with Gasteiger partial charge in [-0.15, -0.1) is 0 Å². The van der Waals surface area contributed by atoms with Crippen LogP contribution in [0.15, 0.2) is 24.5 Å². The minimum Gasteiger partial charge on any atom is -0.297 e. The van der Waals surface area contributed by atoms with Crippen molar-refractivity contribution in [2.45, 2.75) is 45.1 Å². The van der Waals surface area contributed by atoms with Crippen LogP contribution in [-0.2, 0) is 11.2 Å². The minimum absolute atomic E-state index is 0.301. The van der Waals surface area contributed by atoms with E-state index in [1.54, 1.807) is 12.4 Å². The van der Waals surface area contributed by atoms with Crippen LogP contribution in [0.25, 0.3) is 0 Å². The zero-order valence-electron chi connectivity index (χ0n) is 11.4. The molecule has 18 heavy (non-hydrogen) atoms. The Kier molecular flexibility index (Phi) is 4.12. The van der Waals surface area contributed by atoms with Crippen LogP contribution in [0.1, 0.15) is 38.7 Å². The predicted molar refractivity (Wildman–Crippen MR) is 72.5 cm³/mol. The maximum Gasteiger partial charge on any atom is 0.156 e. The SMILES string of the molecule is CC(C)(C(=O)Cc1ccncc1)N1CCCCC1. The van der Waals surface area contributed by atoms with Crippen LogP contribution in [0, 0.1) is 0 Å². The number of carbonyl (C=O) groups is 1. The van der Waals surface area contributed by atoms with Crippen LogP contribution in [-0.4, -0.2) is 34.3 Å². The summed E-state index contributed by atoms with van der Waals surface area (Å²) in [7, 11) is 0. The van der Waals surface area contributed by atoms with Crippen molar-refractivity contribution in [3.63, 3.8) is 0 Å². The summed E-state index contributed by atoms with van der Waals surface area (Å²) in [5, 5.41) is 0. The molecule has 3 heteroatoms. The van der Waals surface area contributed by atoms with Crippen molar-refractivity contribution in [2.75, 3.05) is 13.1 Å². The molecule has 1 aromatic rings. The number of ketones is 1. The molecule has 1 saturated heterocycles. The summed E-state index contributed by atoms with van der Waals surface area (Å²) in [6.45, 7) is 6.22. The van der Waals surface area contributed by atoms with Crippen molar-refractivity contribution in [1.29, 1.82) is 0 Å². The summed E-state index contributed by atoms with van der Waals surface area (Å²) in [5.74, 6) is 0.301. The standard InChI is InChI=1S/C15H22N2O/c1-15(2,17-10-4-3-5-11-17)14(18)12-13-6-8-16-9-7-13/h6-9H,3-5,10-12H2,1-2H3. The van der Waals surface area contributed by atoms with Gasteiger partial charge in [0.15, 0.2) is 5.78 Å². The van der Waals surface area contributed by atoms with Crippen molar-refractivity contribution in [3.05, 3.63) is 30.1 Å². The Bertz CT molecular complexity index is 394. The molecule has 0 saturated carbocycles. The molecule has 0 radical (unpaired) electrons. The van der Waals surface area contributed by atoms with Gasteiger partial charge in [0.25, 0.3) is 0 Å². The van der Waals surface area contributed by atoms with E-state index in [1.807, 2.05) is 12.1 Å². The highest BCUT2D eigenvalue weighted by Crippen LogP contribution is 2.22. The van der Waals surface area contributed by atoms with Gasteiger partial charge in [-0.1, -0.05) is 6.42 Å². The number of pyridine rings is 1. The van der Waals surface area contributed by atoms with Crippen molar-refractivity contribution in [2.24, 2.45) is 0 Å². The Morgan fingerprint density at radius 1 is 1.22 bits per heavy atom. The Hall–Kier alpha value is -1.22. The second-order valence-electron chi connectivity index (χ2n) is 5.56. The van der Waals surface area contributed by atoms with E-state index in [-0.39, 0.29) is 5.54 Å². The van der Waals surface area contributed by atoms with E-state index in [0.29, 0.717) is 12.2 Å². The molecule has 1 aliphatic heterocycles. The average molecular weight is 246 g/mol. The quantitative estimate of drug-likeness (QED) is 0.818. The lowest BCUT2D eigenvalue weighted by atomic mass is 9.90. The number of rotatable bonds is 4. The Balaban J connectivity index is 2.02. The van der Waals surface area contributed by atoms with Gasteiger partial charge in [-0.2, -0.15) is 0 Å². The van der Waals surface area contributed by atoms with E-state index in [0.717, 1.165) is 18.7 Å². The summed E-state index contributed by atoms with van der Waals surface area (Å²) in [5.41, 5.74) is 0.712. The topological polar surface area (TPSA) is 33.2 Å². The number of hydrogen-bond acceptors (Lipinski definition) is 3. The van der Waals surface area contributed by atoms with E-state index in [9.17, 15) is 4.79 Å². The third-order valence-corrected chi connectivity index (χ3v) is 3.94. The molecule has 2 rings (SSSR count). The molecular weight excluding hydrogens is 224 g/mol. The van der Waals surface area contributed by atoms with Crippen molar-refractivity contribution in [1.82, 2.24) is 9.88 Å². The predicted octanol–water partition coefficient (Wildman–Crippen LogP) is 2.46. The van der Waals surface area contributed by atoms with Gasteiger partial charge in [0.2, 0.25) is 0 Å². The number of carbonyl (C=O) groups excluding carboxylic acids is 1. The lowest BCUT2D eigenvalue weighted by Gasteiger charge is -2.39. The monoisotopic (exact) mass is 246 g/mol. The molecule has 1 aromatic heterocycles. The molecule has 1 aliphatic rings. The molecule has 1 fully saturated rings. The van der Waals surface area contributed by atoms with Crippen molar-refractivity contribution in [3.8, 4) is 0 Å². The maximum atomic E-state index is 12.5. The second kappa shape index (κ2) is 5.61. The molecule has 0 aromatic carbocycles. The number of likely N-dealkylation sites (tertiary alicyclic amines) is 1. The number of nitrogens with zero attached hydrogens (tertiary/aromatic N) is 2. The highest BCUT2D eigenvalue weighted by atomic mass is 16.1. The van der Waals surface area contributed by atoms with E-state index >= 15 is 0 Å². The maximum absolute atomic E-state index is 12.5. The van der Waals surface area contributed by atoms with Gasteiger partial charge in [0.1, 0.15) is 0 Å². The number of piperidine rings is 1. The molecule has 98 valence electrons. The first-order chi connectivity index (χ1) is 8.60. The molecule has 2 heterocycles. The number of hydrogen-bond donors (Lipinski definition) is 0. The zero-order chi connectivity index (χ0) is 13.0. The van der Waals surface area contributed by atoms with Crippen molar-refractivity contribution < 1.29 is 4.79 Å². The summed E-state index contributed by atoms with van der Waals surface area (Å²) in [4.78, 5) is 18.8. The lowest BCUT2D eigenvalue weighted by molar-refractivity contribution is -0.129. The third kappa shape index (κ3) is 2.96. The first-order valence-electron chi connectivity index (χ1n) is 6.78. The fourth-order valence-electron chi connectivity index (χ4n) is 2.53. The first kappa shape index (κ1) is 13.2.